The number of carbonyl (C=O) groups is 3. The molecule has 184 valence electrons. The lowest BCUT2D eigenvalue weighted by Gasteiger charge is -2.34. The summed E-state index contributed by atoms with van der Waals surface area (Å²) in [5, 5.41) is 3.42. The van der Waals surface area contributed by atoms with Crippen LogP contribution >= 0.6 is 23.1 Å². The summed E-state index contributed by atoms with van der Waals surface area (Å²) in [5.74, 6) is -1.78. The van der Waals surface area contributed by atoms with E-state index in [1.165, 1.54) is 4.90 Å². The van der Waals surface area contributed by atoms with Crippen LogP contribution in [0.5, 0.6) is 0 Å². The quantitative estimate of drug-likeness (QED) is 0.438. The van der Waals surface area contributed by atoms with E-state index in [2.05, 4.69) is 9.69 Å². The van der Waals surface area contributed by atoms with E-state index in [-0.39, 0.29) is 28.7 Å². The van der Waals surface area contributed by atoms with Gasteiger partial charge in [0.25, 0.3) is 11.8 Å². The molecular formula is C25H28ClN5O3S. The average molecular weight is 514 g/mol. The van der Waals surface area contributed by atoms with Crippen molar-refractivity contribution in [1.82, 2.24) is 14.6 Å². The SMILES string of the molecule is Cc1ccc([C@@H](C(=O)NC(C)(C)C)N(Cc2ccccc2Cl)C(=O)c2snc(C(N)=O)c2N)cc1. The molecule has 1 aromatic heterocycles. The summed E-state index contributed by atoms with van der Waals surface area (Å²) in [7, 11) is 0. The van der Waals surface area contributed by atoms with Crippen molar-refractivity contribution < 1.29 is 14.4 Å². The first kappa shape index (κ1) is 26.2. The zero-order valence-electron chi connectivity index (χ0n) is 20.0. The fraction of sp³-hybridized carbons (Fsp3) is 0.280. The van der Waals surface area contributed by atoms with E-state index in [1.54, 1.807) is 36.4 Å². The number of benzene rings is 2. The molecule has 0 radical (unpaired) electrons. The molecule has 3 aromatic rings. The zero-order valence-corrected chi connectivity index (χ0v) is 21.5. The molecule has 35 heavy (non-hydrogen) atoms. The maximum absolute atomic E-state index is 13.9. The molecule has 0 unspecified atom stereocenters. The van der Waals surface area contributed by atoms with Gasteiger partial charge in [-0.25, -0.2) is 0 Å². The van der Waals surface area contributed by atoms with E-state index in [4.69, 9.17) is 23.1 Å². The topological polar surface area (TPSA) is 131 Å². The number of aryl methyl sites for hydroxylation is 1. The van der Waals surface area contributed by atoms with Gasteiger partial charge in [-0.2, -0.15) is 4.37 Å². The molecule has 0 fully saturated rings. The molecule has 1 heterocycles. The average Bonchev–Trinajstić information content (AvgIpc) is 3.15. The van der Waals surface area contributed by atoms with Crippen LogP contribution in [0.1, 0.15) is 63.7 Å². The maximum atomic E-state index is 13.9. The van der Waals surface area contributed by atoms with Crippen LogP contribution in [0.15, 0.2) is 48.5 Å². The molecule has 0 aliphatic heterocycles. The number of carbonyl (C=O) groups excluding carboxylic acids is 3. The van der Waals surface area contributed by atoms with Crippen LogP contribution < -0.4 is 16.8 Å². The minimum absolute atomic E-state index is 0.0118. The minimum Gasteiger partial charge on any atom is -0.395 e. The molecule has 0 saturated carbocycles. The Morgan fingerprint density at radius 2 is 1.74 bits per heavy atom. The number of primary amides is 1. The molecule has 8 nitrogen and oxygen atoms in total. The largest absolute Gasteiger partial charge is 0.395 e. The lowest BCUT2D eigenvalue weighted by atomic mass is 9.99. The maximum Gasteiger partial charge on any atom is 0.270 e. The van der Waals surface area contributed by atoms with Crippen LogP contribution in [-0.2, 0) is 11.3 Å². The van der Waals surface area contributed by atoms with Crippen molar-refractivity contribution in [3.63, 3.8) is 0 Å². The Morgan fingerprint density at radius 3 is 2.29 bits per heavy atom. The van der Waals surface area contributed by atoms with E-state index in [1.807, 2.05) is 39.8 Å². The third-order valence-corrected chi connectivity index (χ3v) is 6.39. The van der Waals surface area contributed by atoms with E-state index < -0.39 is 23.4 Å². The van der Waals surface area contributed by atoms with Gasteiger partial charge < -0.3 is 21.7 Å². The summed E-state index contributed by atoms with van der Waals surface area (Å²) in [5.41, 5.74) is 12.8. The fourth-order valence-electron chi connectivity index (χ4n) is 3.51. The normalized spacial score (nSPS) is 12.1. The van der Waals surface area contributed by atoms with Crippen molar-refractivity contribution in [1.29, 1.82) is 0 Å². The summed E-state index contributed by atoms with van der Waals surface area (Å²) in [6.07, 6.45) is 0. The van der Waals surface area contributed by atoms with Gasteiger partial charge >= 0.3 is 0 Å². The number of halogens is 1. The van der Waals surface area contributed by atoms with Crippen LogP contribution in [-0.4, -0.2) is 32.5 Å². The van der Waals surface area contributed by atoms with E-state index >= 15 is 0 Å². The lowest BCUT2D eigenvalue weighted by molar-refractivity contribution is -0.127. The first-order valence-electron chi connectivity index (χ1n) is 10.9. The monoisotopic (exact) mass is 513 g/mol. The first-order valence-corrected chi connectivity index (χ1v) is 12.0. The van der Waals surface area contributed by atoms with Crippen LogP contribution in [0.2, 0.25) is 5.02 Å². The van der Waals surface area contributed by atoms with Gasteiger partial charge in [0.05, 0.1) is 5.69 Å². The van der Waals surface area contributed by atoms with Gasteiger partial charge in [-0.3, -0.25) is 14.4 Å². The molecule has 0 aliphatic carbocycles. The molecular weight excluding hydrogens is 486 g/mol. The van der Waals surface area contributed by atoms with E-state index in [9.17, 15) is 14.4 Å². The number of aromatic nitrogens is 1. The van der Waals surface area contributed by atoms with Crippen LogP contribution in [0.3, 0.4) is 0 Å². The number of nitrogens with two attached hydrogens (primary N) is 2. The minimum atomic E-state index is -1.02. The fourth-order valence-corrected chi connectivity index (χ4v) is 4.47. The Morgan fingerprint density at radius 1 is 1.11 bits per heavy atom. The first-order chi connectivity index (χ1) is 16.4. The smallest absolute Gasteiger partial charge is 0.270 e. The second kappa shape index (κ2) is 10.5. The molecule has 3 amide bonds. The van der Waals surface area contributed by atoms with Crippen molar-refractivity contribution in [3.8, 4) is 0 Å². The Kier molecular flexibility index (Phi) is 7.82. The number of nitrogen functional groups attached to an aromatic ring is 1. The van der Waals surface area contributed by atoms with Crippen molar-refractivity contribution >= 4 is 46.5 Å². The second-order valence-corrected chi connectivity index (χ2v) is 10.4. The molecule has 0 aliphatic rings. The highest BCUT2D eigenvalue weighted by atomic mass is 35.5. The summed E-state index contributed by atoms with van der Waals surface area (Å²) in [4.78, 5) is 40.7. The summed E-state index contributed by atoms with van der Waals surface area (Å²) < 4.78 is 3.96. The van der Waals surface area contributed by atoms with Crippen LogP contribution in [0, 0.1) is 6.92 Å². The highest BCUT2D eigenvalue weighted by Gasteiger charge is 2.36. The van der Waals surface area contributed by atoms with Gasteiger partial charge in [-0.05, 0) is 56.4 Å². The third-order valence-electron chi connectivity index (χ3n) is 5.17. The predicted octanol–water partition coefficient (Wildman–Crippen LogP) is 4.08. The van der Waals surface area contributed by atoms with Crippen molar-refractivity contribution in [2.45, 2.75) is 45.8 Å². The van der Waals surface area contributed by atoms with Crippen molar-refractivity contribution in [2.24, 2.45) is 5.73 Å². The number of nitrogens with one attached hydrogen (secondary N) is 1. The highest BCUT2D eigenvalue weighted by molar-refractivity contribution is 7.09. The number of anilines is 1. The van der Waals surface area contributed by atoms with Crippen LogP contribution in [0.4, 0.5) is 5.69 Å². The number of nitrogens with zero attached hydrogens (tertiary/aromatic N) is 2. The molecule has 10 heteroatoms. The summed E-state index contributed by atoms with van der Waals surface area (Å²) >= 11 is 7.18. The molecule has 1 atom stereocenters. The number of amides is 3. The molecule has 3 rings (SSSR count). The molecule has 0 bridgehead atoms. The Labute approximate surface area is 213 Å². The molecule has 0 saturated heterocycles. The summed E-state index contributed by atoms with van der Waals surface area (Å²) in [6, 6.07) is 13.4. The molecule has 2 aromatic carbocycles. The van der Waals surface area contributed by atoms with Gasteiger partial charge in [-0.15, -0.1) is 0 Å². The predicted molar refractivity (Wildman–Crippen MR) is 138 cm³/mol. The Balaban J connectivity index is 2.18. The van der Waals surface area contributed by atoms with Gasteiger partial charge in [0.1, 0.15) is 10.9 Å². The summed E-state index contributed by atoms with van der Waals surface area (Å²) in [6.45, 7) is 7.52. The van der Waals surface area contributed by atoms with Gasteiger partial charge in [0.2, 0.25) is 5.91 Å². The van der Waals surface area contributed by atoms with Gasteiger partial charge in [-0.1, -0.05) is 59.6 Å². The van der Waals surface area contributed by atoms with Gasteiger partial charge in [0.15, 0.2) is 5.69 Å². The van der Waals surface area contributed by atoms with Gasteiger partial charge in [0, 0.05) is 17.1 Å². The lowest BCUT2D eigenvalue weighted by Crippen LogP contribution is -2.49. The number of hydrogen-bond acceptors (Lipinski definition) is 6. The molecule has 0 spiro atoms. The molecule has 5 N–H and O–H groups in total. The Bertz CT molecular complexity index is 1250. The number of hydrogen-bond donors (Lipinski definition) is 3. The zero-order chi connectivity index (χ0) is 25.9. The second-order valence-electron chi connectivity index (χ2n) is 9.22. The van der Waals surface area contributed by atoms with E-state index in [0.717, 1.165) is 17.1 Å². The number of rotatable bonds is 7. The van der Waals surface area contributed by atoms with Crippen LogP contribution in [0.25, 0.3) is 0 Å². The van der Waals surface area contributed by atoms with E-state index in [0.29, 0.717) is 16.1 Å². The standard InChI is InChI=1S/C25H28ClN5O3S/c1-14-9-11-15(12-10-14)20(23(33)29-25(2,3)4)31(13-16-7-5-6-8-17(16)26)24(34)21-18(27)19(22(28)32)30-35-21/h5-12,20H,13,27H2,1-4H3,(H2,28,32)(H,29,33)/t20-/m0/s1. The highest BCUT2D eigenvalue weighted by Crippen LogP contribution is 2.32. The third kappa shape index (κ3) is 6.17. The van der Waals surface area contributed by atoms with Crippen molar-refractivity contribution in [3.05, 3.63) is 80.8 Å². The Hall–Kier alpha value is -3.43. The van der Waals surface area contributed by atoms with Crippen molar-refractivity contribution in [2.75, 3.05) is 5.73 Å².